The van der Waals surface area contributed by atoms with Crippen molar-refractivity contribution in [3.05, 3.63) is 70.0 Å². The van der Waals surface area contributed by atoms with Crippen molar-refractivity contribution in [1.29, 1.82) is 0 Å². The summed E-state index contributed by atoms with van der Waals surface area (Å²) in [5.74, 6) is -0.0145. The fraction of sp³-hybridized carbons (Fsp3) is 0.429. The van der Waals surface area contributed by atoms with Crippen molar-refractivity contribution in [1.82, 2.24) is 15.2 Å². The van der Waals surface area contributed by atoms with Crippen LogP contribution in [-0.2, 0) is 11.3 Å². The number of hydrogen-bond acceptors (Lipinski definition) is 7. The van der Waals surface area contributed by atoms with Gasteiger partial charge in [-0.1, -0.05) is 31.0 Å². The lowest BCUT2D eigenvalue weighted by Gasteiger charge is -2.17. The number of benzene rings is 2. The molecule has 0 bridgehead atoms. The average Bonchev–Trinajstić information content (AvgIpc) is 2.87. The fourth-order valence-electron chi connectivity index (χ4n) is 4.31. The second-order valence-electron chi connectivity index (χ2n) is 9.46. The maximum atomic E-state index is 11.5. The number of primary amides is 1. The summed E-state index contributed by atoms with van der Waals surface area (Å²) in [6.45, 7) is 4.14. The molecule has 1 aromatic heterocycles. The summed E-state index contributed by atoms with van der Waals surface area (Å²) in [6.07, 6.45) is 3.42. The van der Waals surface area contributed by atoms with Gasteiger partial charge in [0.15, 0.2) is 0 Å². The van der Waals surface area contributed by atoms with Crippen LogP contribution in [0, 0.1) is 0 Å². The predicted molar refractivity (Wildman–Crippen MR) is 149 cm³/mol. The molecule has 10 nitrogen and oxygen atoms in total. The van der Waals surface area contributed by atoms with E-state index in [1.165, 1.54) is 12.1 Å². The first-order chi connectivity index (χ1) is 18.3. The average molecular weight is 526 g/mol. The van der Waals surface area contributed by atoms with Gasteiger partial charge < -0.3 is 36.3 Å². The van der Waals surface area contributed by atoms with Crippen LogP contribution in [0.15, 0.2) is 53.3 Å². The lowest BCUT2D eigenvalue weighted by molar-refractivity contribution is 0.106. The van der Waals surface area contributed by atoms with Crippen LogP contribution < -0.4 is 21.9 Å². The summed E-state index contributed by atoms with van der Waals surface area (Å²) in [5, 5.41) is 27.1. The van der Waals surface area contributed by atoms with E-state index in [1.807, 2.05) is 25.2 Å². The first kappa shape index (κ1) is 29.1. The van der Waals surface area contributed by atoms with Crippen molar-refractivity contribution in [3.63, 3.8) is 0 Å². The van der Waals surface area contributed by atoms with Gasteiger partial charge in [0.2, 0.25) is 5.56 Å². The van der Waals surface area contributed by atoms with Crippen LogP contribution in [-0.4, -0.2) is 66.0 Å². The number of nitrogens with zero attached hydrogens (tertiary/aromatic N) is 1. The number of anilines is 1. The zero-order chi connectivity index (χ0) is 27.3. The lowest BCUT2D eigenvalue weighted by atomic mass is 10.0. The highest BCUT2D eigenvalue weighted by Crippen LogP contribution is 2.28. The fourth-order valence-corrected chi connectivity index (χ4v) is 4.31. The smallest absolute Gasteiger partial charge is 0.316 e. The van der Waals surface area contributed by atoms with Gasteiger partial charge in [-0.25, -0.2) is 4.79 Å². The number of nitrogens with two attached hydrogens (primary N) is 1. The van der Waals surface area contributed by atoms with E-state index < -0.39 is 12.1 Å². The molecule has 3 aromatic rings. The Bertz CT molecular complexity index is 1230. The van der Waals surface area contributed by atoms with E-state index in [1.54, 1.807) is 18.2 Å². The van der Waals surface area contributed by atoms with Gasteiger partial charge in [-0.15, -0.1) is 0 Å². The Morgan fingerprint density at radius 2 is 1.92 bits per heavy atom. The van der Waals surface area contributed by atoms with Crippen LogP contribution in [0.4, 0.5) is 10.5 Å². The molecule has 0 unspecified atom stereocenters. The summed E-state index contributed by atoms with van der Waals surface area (Å²) in [5.41, 5.74) is 7.66. The van der Waals surface area contributed by atoms with Crippen LogP contribution >= 0.6 is 0 Å². The number of nitrogens with one attached hydrogen (secondary N) is 3. The molecule has 0 aliphatic heterocycles. The number of fused-ring (bicyclic) bond motifs is 1. The van der Waals surface area contributed by atoms with Gasteiger partial charge in [0.25, 0.3) is 0 Å². The first-order valence-electron chi connectivity index (χ1n) is 13.0. The number of urea groups is 1. The molecule has 2 aromatic carbocycles. The van der Waals surface area contributed by atoms with Crippen molar-refractivity contribution in [3.8, 4) is 5.75 Å². The number of aromatic hydroxyl groups is 1. The SMILES string of the molecule is CN(CCOCCCCCCNC[C@H](O)c1ccc(O)c2[nH]c(=O)ccc12)Cc1cccc(NC(N)=O)c1. The maximum absolute atomic E-state index is 11.5. The molecule has 0 spiro atoms. The van der Waals surface area contributed by atoms with Gasteiger partial charge in [0, 0.05) is 43.4 Å². The van der Waals surface area contributed by atoms with E-state index in [0.29, 0.717) is 35.3 Å². The molecule has 2 amide bonds. The van der Waals surface area contributed by atoms with Crippen molar-refractivity contribution < 1.29 is 19.7 Å². The minimum absolute atomic E-state index is 0.0145. The molecule has 206 valence electrons. The zero-order valence-corrected chi connectivity index (χ0v) is 21.9. The summed E-state index contributed by atoms with van der Waals surface area (Å²) in [4.78, 5) is 27.3. The molecule has 1 atom stereocenters. The van der Waals surface area contributed by atoms with E-state index in [9.17, 15) is 19.8 Å². The number of carbonyl (C=O) groups excluding carboxylic acids is 1. The van der Waals surface area contributed by atoms with Crippen molar-refractivity contribution in [2.24, 2.45) is 5.73 Å². The normalized spacial score (nSPS) is 12.2. The highest BCUT2D eigenvalue weighted by molar-refractivity contribution is 5.88. The van der Waals surface area contributed by atoms with E-state index in [4.69, 9.17) is 10.5 Å². The second-order valence-corrected chi connectivity index (χ2v) is 9.46. The number of likely N-dealkylation sites (N-methyl/N-ethyl adjacent to an activating group) is 1. The number of aromatic amines is 1. The standard InChI is InChI=1S/C28H39N5O5/c1-33(19-20-7-6-8-21(17-20)31-28(29)37)14-16-38-15-5-3-2-4-13-30-18-25(35)22-9-11-24(34)27-23(22)10-12-26(36)32-27/h6-12,17,25,30,34-35H,2-5,13-16,18-19H2,1H3,(H,32,36)(H3,29,31,37)/t25-/m0/s1. The third-order valence-corrected chi connectivity index (χ3v) is 6.26. The summed E-state index contributed by atoms with van der Waals surface area (Å²) in [7, 11) is 2.03. The van der Waals surface area contributed by atoms with Crippen LogP contribution in [0.1, 0.15) is 42.9 Å². The Hall–Kier alpha value is -3.44. The number of rotatable bonds is 16. The number of pyridine rings is 1. The van der Waals surface area contributed by atoms with E-state index >= 15 is 0 Å². The summed E-state index contributed by atoms with van der Waals surface area (Å²) >= 11 is 0. The monoisotopic (exact) mass is 525 g/mol. The number of hydrogen-bond donors (Lipinski definition) is 6. The molecular weight excluding hydrogens is 486 g/mol. The molecule has 0 saturated carbocycles. The third kappa shape index (κ3) is 9.46. The van der Waals surface area contributed by atoms with Crippen LogP contribution in [0.2, 0.25) is 0 Å². The minimum atomic E-state index is -0.744. The molecule has 0 aliphatic rings. The zero-order valence-electron chi connectivity index (χ0n) is 21.9. The van der Waals surface area contributed by atoms with E-state index in [-0.39, 0.29) is 11.3 Å². The Morgan fingerprint density at radius 3 is 2.74 bits per heavy atom. The van der Waals surface area contributed by atoms with Crippen LogP contribution in [0.25, 0.3) is 10.9 Å². The van der Waals surface area contributed by atoms with Gasteiger partial charge in [-0.2, -0.15) is 0 Å². The number of aromatic nitrogens is 1. The number of phenolic OH excluding ortho intramolecular Hbond substituents is 1. The van der Waals surface area contributed by atoms with Gasteiger partial charge in [0.1, 0.15) is 5.75 Å². The van der Waals surface area contributed by atoms with Gasteiger partial charge >= 0.3 is 6.03 Å². The molecule has 10 heteroatoms. The van der Waals surface area contributed by atoms with Gasteiger partial charge in [-0.3, -0.25) is 9.69 Å². The number of aliphatic hydroxyl groups excluding tert-OH is 1. The van der Waals surface area contributed by atoms with Crippen molar-refractivity contribution >= 4 is 22.6 Å². The second kappa shape index (κ2) is 15.1. The maximum Gasteiger partial charge on any atom is 0.316 e. The Kier molecular flexibility index (Phi) is 11.6. The number of aliphatic hydroxyl groups is 1. The van der Waals surface area contributed by atoms with Crippen LogP contribution in [0.3, 0.4) is 0 Å². The summed E-state index contributed by atoms with van der Waals surface area (Å²) < 4.78 is 5.77. The molecule has 7 N–H and O–H groups in total. The topological polar surface area (TPSA) is 153 Å². The quantitative estimate of drug-likeness (QED) is 0.157. The molecule has 0 saturated heterocycles. The Balaban J connectivity index is 1.22. The minimum Gasteiger partial charge on any atom is -0.506 e. The predicted octanol–water partition coefficient (Wildman–Crippen LogP) is 3.06. The number of amides is 2. The molecule has 1 heterocycles. The highest BCUT2D eigenvalue weighted by atomic mass is 16.5. The largest absolute Gasteiger partial charge is 0.506 e. The van der Waals surface area contributed by atoms with Gasteiger partial charge in [-0.05, 0) is 61.8 Å². The third-order valence-electron chi connectivity index (χ3n) is 6.26. The molecule has 0 fully saturated rings. The molecule has 0 radical (unpaired) electrons. The first-order valence-corrected chi connectivity index (χ1v) is 13.0. The number of H-pyrrole nitrogens is 1. The van der Waals surface area contributed by atoms with Crippen molar-refractivity contribution in [2.45, 2.75) is 38.3 Å². The highest BCUT2D eigenvalue weighted by Gasteiger charge is 2.13. The van der Waals surface area contributed by atoms with Crippen molar-refractivity contribution in [2.75, 3.05) is 45.2 Å². The molecule has 0 aliphatic carbocycles. The Labute approximate surface area is 222 Å². The number of ether oxygens (including phenoxy) is 1. The number of carbonyl (C=O) groups is 1. The molecule has 38 heavy (non-hydrogen) atoms. The Morgan fingerprint density at radius 1 is 1.11 bits per heavy atom. The van der Waals surface area contributed by atoms with Gasteiger partial charge in [0.05, 0.1) is 18.2 Å². The van der Waals surface area contributed by atoms with Crippen LogP contribution in [0.5, 0.6) is 5.75 Å². The number of unbranched alkanes of at least 4 members (excludes halogenated alkanes) is 3. The summed E-state index contributed by atoms with van der Waals surface area (Å²) in [6, 6.07) is 13.2. The molecular formula is C28H39N5O5. The lowest BCUT2D eigenvalue weighted by Crippen LogP contribution is -2.23. The van der Waals surface area contributed by atoms with E-state index in [0.717, 1.165) is 57.5 Å². The van der Waals surface area contributed by atoms with E-state index in [2.05, 4.69) is 20.5 Å². The molecule has 3 rings (SSSR count). The number of phenols is 1.